The molecule has 0 spiro atoms. The van der Waals surface area contributed by atoms with Gasteiger partial charge in [-0.3, -0.25) is 0 Å². The fraction of sp³-hybridized carbons (Fsp3) is 0.545. The first-order valence-electron chi connectivity index (χ1n) is 5.28. The quantitative estimate of drug-likeness (QED) is 0.744. The third kappa shape index (κ3) is 2.46. The van der Waals surface area contributed by atoms with Crippen LogP contribution in [0.15, 0.2) is 18.3 Å². The van der Waals surface area contributed by atoms with Gasteiger partial charge in [0.15, 0.2) is 0 Å². The lowest BCUT2D eigenvalue weighted by Crippen LogP contribution is -2.36. The molecule has 4 nitrogen and oxygen atoms in total. The first kappa shape index (κ1) is 10.4. The van der Waals surface area contributed by atoms with E-state index in [9.17, 15) is 5.11 Å². The highest BCUT2D eigenvalue weighted by Crippen LogP contribution is 2.18. The highest BCUT2D eigenvalue weighted by atomic mass is 16.3. The van der Waals surface area contributed by atoms with Crippen LogP contribution in [-0.2, 0) is 6.61 Å². The molecular formula is C11H16N2O2. The van der Waals surface area contributed by atoms with E-state index in [1.165, 1.54) is 0 Å². The van der Waals surface area contributed by atoms with Gasteiger partial charge in [-0.25, -0.2) is 4.98 Å². The van der Waals surface area contributed by atoms with Crippen LogP contribution in [0.25, 0.3) is 0 Å². The second-order valence-electron chi connectivity index (χ2n) is 3.90. The van der Waals surface area contributed by atoms with E-state index in [1.54, 1.807) is 6.20 Å². The monoisotopic (exact) mass is 208 g/mol. The second-order valence-corrected chi connectivity index (χ2v) is 3.90. The molecule has 1 aliphatic rings. The third-order valence-corrected chi connectivity index (χ3v) is 2.78. The summed E-state index contributed by atoms with van der Waals surface area (Å²) in [6.45, 7) is 1.72. The van der Waals surface area contributed by atoms with Crippen LogP contribution in [0.5, 0.6) is 0 Å². The molecule has 1 aromatic heterocycles. The minimum absolute atomic E-state index is 0.0476. The van der Waals surface area contributed by atoms with Gasteiger partial charge in [-0.2, -0.15) is 0 Å². The number of aliphatic hydroxyl groups excluding tert-OH is 2. The molecular weight excluding hydrogens is 192 g/mol. The van der Waals surface area contributed by atoms with Crippen LogP contribution in [0.1, 0.15) is 18.4 Å². The summed E-state index contributed by atoms with van der Waals surface area (Å²) in [5.41, 5.74) is 0.881. The summed E-state index contributed by atoms with van der Waals surface area (Å²) in [5, 5.41) is 18.4. The van der Waals surface area contributed by atoms with Crippen molar-refractivity contribution in [3.05, 3.63) is 23.9 Å². The SMILES string of the molecule is OCc1ccnc(N2CCC(O)CC2)c1. The zero-order chi connectivity index (χ0) is 10.7. The van der Waals surface area contributed by atoms with Crippen LogP contribution >= 0.6 is 0 Å². The molecule has 1 fully saturated rings. The summed E-state index contributed by atoms with van der Waals surface area (Å²) in [4.78, 5) is 6.41. The van der Waals surface area contributed by atoms with Gasteiger partial charge in [0.1, 0.15) is 5.82 Å². The Bertz CT molecular complexity index is 322. The van der Waals surface area contributed by atoms with E-state index in [4.69, 9.17) is 5.11 Å². The Morgan fingerprint density at radius 3 is 2.80 bits per heavy atom. The van der Waals surface area contributed by atoms with Gasteiger partial charge in [-0.15, -0.1) is 0 Å². The van der Waals surface area contributed by atoms with Gasteiger partial charge >= 0.3 is 0 Å². The van der Waals surface area contributed by atoms with Crippen molar-refractivity contribution >= 4 is 5.82 Å². The van der Waals surface area contributed by atoms with Crippen LogP contribution in [-0.4, -0.2) is 34.4 Å². The standard InChI is InChI=1S/C11H16N2O2/c14-8-9-1-4-12-11(7-9)13-5-2-10(15)3-6-13/h1,4,7,10,14-15H,2-3,5-6,8H2. The fourth-order valence-corrected chi connectivity index (χ4v) is 1.83. The number of hydrogen-bond acceptors (Lipinski definition) is 4. The molecule has 0 atom stereocenters. The van der Waals surface area contributed by atoms with Gasteiger partial charge in [0.25, 0.3) is 0 Å². The van der Waals surface area contributed by atoms with Gasteiger partial charge in [0.05, 0.1) is 12.7 Å². The molecule has 0 amide bonds. The zero-order valence-electron chi connectivity index (χ0n) is 8.63. The van der Waals surface area contributed by atoms with Crippen LogP contribution in [0, 0.1) is 0 Å². The lowest BCUT2D eigenvalue weighted by molar-refractivity contribution is 0.145. The molecule has 0 aliphatic carbocycles. The van der Waals surface area contributed by atoms with E-state index in [0.717, 1.165) is 37.3 Å². The molecule has 15 heavy (non-hydrogen) atoms. The fourth-order valence-electron chi connectivity index (χ4n) is 1.83. The summed E-state index contributed by atoms with van der Waals surface area (Å²) in [5.74, 6) is 0.897. The maximum absolute atomic E-state index is 9.39. The van der Waals surface area contributed by atoms with E-state index < -0.39 is 0 Å². The molecule has 0 unspecified atom stereocenters. The van der Waals surface area contributed by atoms with Crippen LogP contribution in [0.3, 0.4) is 0 Å². The van der Waals surface area contributed by atoms with Gasteiger partial charge in [0, 0.05) is 19.3 Å². The van der Waals surface area contributed by atoms with Crippen molar-refractivity contribution in [2.75, 3.05) is 18.0 Å². The molecule has 0 saturated carbocycles. The Balaban J connectivity index is 2.08. The van der Waals surface area contributed by atoms with E-state index in [1.807, 2.05) is 12.1 Å². The van der Waals surface area contributed by atoms with Gasteiger partial charge in [-0.05, 0) is 30.5 Å². The summed E-state index contributed by atoms with van der Waals surface area (Å²) in [7, 11) is 0. The predicted octanol–water partition coefficient (Wildman–Crippen LogP) is 0.535. The number of aliphatic hydroxyl groups is 2. The minimum Gasteiger partial charge on any atom is -0.393 e. The summed E-state index contributed by atoms with van der Waals surface area (Å²) >= 11 is 0. The van der Waals surface area contributed by atoms with Crippen molar-refractivity contribution in [1.82, 2.24) is 4.98 Å². The van der Waals surface area contributed by atoms with Crippen molar-refractivity contribution in [3.63, 3.8) is 0 Å². The summed E-state index contributed by atoms with van der Waals surface area (Å²) < 4.78 is 0. The normalized spacial score (nSPS) is 18.1. The zero-order valence-corrected chi connectivity index (χ0v) is 8.63. The van der Waals surface area contributed by atoms with Gasteiger partial charge in [0.2, 0.25) is 0 Å². The van der Waals surface area contributed by atoms with E-state index >= 15 is 0 Å². The van der Waals surface area contributed by atoms with Crippen molar-refractivity contribution in [2.45, 2.75) is 25.6 Å². The van der Waals surface area contributed by atoms with E-state index in [-0.39, 0.29) is 12.7 Å². The van der Waals surface area contributed by atoms with Crippen molar-refractivity contribution in [1.29, 1.82) is 0 Å². The predicted molar refractivity (Wildman–Crippen MR) is 57.6 cm³/mol. The molecule has 2 N–H and O–H groups in total. The van der Waals surface area contributed by atoms with Crippen LogP contribution < -0.4 is 4.90 Å². The van der Waals surface area contributed by atoms with Crippen LogP contribution in [0.2, 0.25) is 0 Å². The Hall–Kier alpha value is -1.13. The number of pyridine rings is 1. The molecule has 1 aliphatic heterocycles. The average Bonchev–Trinajstić information content (AvgIpc) is 2.30. The maximum Gasteiger partial charge on any atom is 0.128 e. The third-order valence-electron chi connectivity index (χ3n) is 2.78. The van der Waals surface area contributed by atoms with E-state index in [2.05, 4.69) is 9.88 Å². The van der Waals surface area contributed by atoms with Gasteiger partial charge in [-0.1, -0.05) is 0 Å². The molecule has 0 radical (unpaired) electrons. The van der Waals surface area contributed by atoms with E-state index in [0.29, 0.717) is 0 Å². The smallest absolute Gasteiger partial charge is 0.128 e. The molecule has 1 aromatic rings. The van der Waals surface area contributed by atoms with Crippen molar-refractivity contribution < 1.29 is 10.2 Å². The molecule has 1 saturated heterocycles. The number of rotatable bonds is 2. The molecule has 0 aromatic carbocycles. The molecule has 0 bridgehead atoms. The lowest BCUT2D eigenvalue weighted by atomic mass is 10.1. The molecule has 2 heterocycles. The van der Waals surface area contributed by atoms with Crippen molar-refractivity contribution in [3.8, 4) is 0 Å². The number of anilines is 1. The maximum atomic E-state index is 9.39. The Kier molecular flexibility index (Phi) is 3.18. The van der Waals surface area contributed by atoms with Crippen LogP contribution in [0.4, 0.5) is 5.82 Å². The minimum atomic E-state index is -0.165. The lowest BCUT2D eigenvalue weighted by Gasteiger charge is -2.30. The second kappa shape index (κ2) is 4.59. The number of nitrogens with zero attached hydrogens (tertiary/aromatic N) is 2. The van der Waals surface area contributed by atoms with Crippen molar-refractivity contribution in [2.24, 2.45) is 0 Å². The summed E-state index contributed by atoms with van der Waals surface area (Å²) in [6, 6.07) is 3.71. The number of aromatic nitrogens is 1. The molecule has 2 rings (SSSR count). The first-order valence-corrected chi connectivity index (χ1v) is 5.28. The number of hydrogen-bond donors (Lipinski definition) is 2. The topological polar surface area (TPSA) is 56.6 Å². The highest BCUT2D eigenvalue weighted by molar-refractivity contribution is 5.41. The van der Waals surface area contributed by atoms with Gasteiger partial charge < -0.3 is 15.1 Å². The molecule has 82 valence electrons. The molecule has 4 heteroatoms. The largest absolute Gasteiger partial charge is 0.393 e. The summed E-state index contributed by atoms with van der Waals surface area (Å²) in [6.07, 6.45) is 3.14. The highest BCUT2D eigenvalue weighted by Gasteiger charge is 2.17. The average molecular weight is 208 g/mol. The Morgan fingerprint density at radius 2 is 2.13 bits per heavy atom. The first-order chi connectivity index (χ1) is 7.29. The number of piperidine rings is 1. The Morgan fingerprint density at radius 1 is 1.40 bits per heavy atom. The Labute approximate surface area is 89.2 Å².